The molecule has 1 unspecified atom stereocenters. The quantitative estimate of drug-likeness (QED) is 0.911. The first-order valence-corrected chi connectivity index (χ1v) is 7.14. The second-order valence-corrected chi connectivity index (χ2v) is 5.68. The van der Waals surface area contributed by atoms with Crippen LogP contribution in [0.5, 0.6) is 5.75 Å². The fourth-order valence-corrected chi connectivity index (χ4v) is 3.10. The number of aryl methyl sites for hydroxylation is 1. The summed E-state index contributed by atoms with van der Waals surface area (Å²) in [4.78, 5) is 0. The van der Waals surface area contributed by atoms with Gasteiger partial charge in [0.1, 0.15) is 34.5 Å². The summed E-state index contributed by atoms with van der Waals surface area (Å²) in [6, 6.07) is 3.04. The Balaban J connectivity index is 2.26. The number of rotatable bonds is 2. The molecule has 0 amide bonds. The minimum atomic E-state index is -0.601. The third-order valence-electron chi connectivity index (χ3n) is 3.54. The summed E-state index contributed by atoms with van der Waals surface area (Å²) in [7, 11) is 1.55. The Hall–Kier alpha value is -1.81. The van der Waals surface area contributed by atoms with Crippen molar-refractivity contribution in [3.8, 4) is 23.1 Å². The fourth-order valence-electron chi connectivity index (χ4n) is 2.55. The Morgan fingerprint density at radius 3 is 2.91 bits per heavy atom. The lowest BCUT2D eigenvalue weighted by molar-refractivity contribution is 0.134. The van der Waals surface area contributed by atoms with Crippen molar-refractivity contribution in [3.63, 3.8) is 0 Å². The maximum atomic E-state index is 14.5. The number of nitrogens with zero attached hydrogens (tertiary/aromatic N) is 3. The summed E-state index contributed by atoms with van der Waals surface area (Å²) in [5, 5.41) is 22.7. The number of aromatic nitrogens is 2. The van der Waals surface area contributed by atoms with Crippen LogP contribution in [0.1, 0.15) is 11.3 Å². The van der Waals surface area contributed by atoms with Crippen LogP contribution in [-0.2, 0) is 13.5 Å². The first-order valence-electron chi connectivity index (χ1n) is 6.39. The van der Waals surface area contributed by atoms with Gasteiger partial charge in [0.25, 0.3) is 0 Å². The van der Waals surface area contributed by atoms with Gasteiger partial charge in [-0.25, -0.2) is 4.39 Å². The molecule has 0 radical (unpaired) electrons. The van der Waals surface area contributed by atoms with Crippen molar-refractivity contribution in [1.29, 1.82) is 5.26 Å². The molecular formula is C14H10Cl2FN3O2. The van der Waals surface area contributed by atoms with Crippen molar-refractivity contribution < 1.29 is 14.2 Å². The summed E-state index contributed by atoms with van der Waals surface area (Å²) in [6.07, 6.45) is -0.209. The molecule has 1 aromatic carbocycles. The number of halogens is 3. The van der Waals surface area contributed by atoms with E-state index in [4.69, 9.17) is 33.2 Å². The lowest BCUT2D eigenvalue weighted by Gasteiger charge is -2.09. The van der Waals surface area contributed by atoms with Gasteiger partial charge in [0.05, 0.1) is 11.6 Å². The van der Waals surface area contributed by atoms with Crippen molar-refractivity contribution in [2.75, 3.05) is 6.61 Å². The van der Waals surface area contributed by atoms with E-state index in [-0.39, 0.29) is 40.0 Å². The Morgan fingerprint density at radius 1 is 1.59 bits per heavy atom. The average molecular weight is 342 g/mol. The normalized spacial score (nSPS) is 16.3. The van der Waals surface area contributed by atoms with Crippen molar-refractivity contribution >= 4 is 23.2 Å². The van der Waals surface area contributed by atoms with Crippen molar-refractivity contribution in [2.24, 2.45) is 7.05 Å². The number of nitriles is 1. The SMILES string of the molecule is Cn1nc(-c2c(F)cc(Cl)c3c2CC(CO)O3)c(Cl)c1C#N. The lowest BCUT2D eigenvalue weighted by atomic mass is 9.99. The molecule has 1 aromatic heterocycles. The van der Waals surface area contributed by atoms with Crippen LogP contribution < -0.4 is 4.74 Å². The van der Waals surface area contributed by atoms with Gasteiger partial charge in [-0.3, -0.25) is 4.68 Å². The zero-order valence-corrected chi connectivity index (χ0v) is 12.9. The number of aliphatic hydroxyl groups is 1. The third kappa shape index (κ3) is 2.13. The highest BCUT2D eigenvalue weighted by molar-refractivity contribution is 6.34. The summed E-state index contributed by atoms with van der Waals surface area (Å²) in [5.41, 5.74) is 0.941. The van der Waals surface area contributed by atoms with Gasteiger partial charge in [0.2, 0.25) is 0 Å². The van der Waals surface area contributed by atoms with Gasteiger partial charge in [0, 0.05) is 24.6 Å². The van der Waals surface area contributed by atoms with Crippen LogP contribution in [0.4, 0.5) is 4.39 Å². The molecule has 0 saturated heterocycles. The Bertz CT molecular complexity index is 814. The maximum absolute atomic E-state index is 14.5. The smallest absolute Gasteiger partial charge is 0.157 e. The standard InChI is InChI=1S/C14H10Cl2FN3O2/c1-20-10(4-18)12(16)13(19-20)11-7-2-6(5-21)22-14(7)8(15)3-9(11)17/h3,6,21H,2,5H2,1H3. The van der Waals surface area contributed by atoms with Gasteiger partial charge in [-0.15, -0.1) is 0 Å². The van der Waals surface area contributed by atoms with Crippen molar-refractivity contribution in [1.82, 2.24) is 9.78 Å². The van der Waals surface area contributed by atoms with Gasteiger partial charge in [-0.1, -0.05) is 23.2 Å². The summed E-state index contributed by atoms with van der Waals surface area (Å²) in [6.45, 7) is -0.217. The summed E-state index contributed by atoms with van der Waals surface area (Å²) < 4.78 is 21.3. The summed E-state index contributed by atoms with van der Waals surface area (Å²) >= 11 is 12.2. The van der Waals surface area contributed by atoms with E-state index in [1.807, 2.05) is 6.07 Å². The van der Waals surface area contributed by atoms with E-state index in [9.17, 15) is 9.50 Å². The van der Waals surface area contributed by atoms with Crippen LogP contribution in [0.3, 0.4) is 0 Å². The van der Waals surface area contributed by atoms with E-state index >= 15 is 0 Å². The number of aliphatic hydroxyl groups excluding tert-OH is 1. The molecule has 114 valence electrons. The number of fused-ring (bicyclic) bond motifs is 1. The van der Waals surface area contributed by atoms with Crippen LogP contribution >= 0.6 is 23.2 Å². The second kappa shape index (κ2) is 5.43. The molecule has 1 aliphatic rings. The molecule has 0 fully saturated rings. The second-order valence-electron chi connectivity index (χ2n) is 4.90. The molecule has 0 saturated carbocycles. The van der Waals surface area contributed by atoms with Gasteiger partial charge in [0.15, 0.2) is 5.69 Å². The first-order chi connectivity index (χ1) is 10.5. The summed E-state index contributed by atoms with van der Waals surface area (Å²) in [5.74, 6) is -0.284. The Morgan fingerprint density at radius 2 is 2.32 bits per heavy atom. The Labute approximate surface area is 135 Å². The van der Waals surface area contributed by atoms with E-state index in [2.05, 4.69) is 5.10 Å². The number of hydrogen-bond donors (Lipinski definition) is 1. The van der Waals surface area contributed by atoms with Crippen LogP contribution in [0.2, 0.25) is 10.0 Å². The highest BCUT2D eigenvalue weighted by atomic mass is 35.5. The van der Waals surface area contributed by atoms with Crippen LogP contribution in [0.25, 0.3) is 11.3 Å². The molecule has 5 nitrogen and oxygen atoms in total. The molecule has 1 aliphatic heterocycles. The highest BCUT2D eigenvalue weighted by Gasteiger charge is 2.32. The number of ether oxygens (including phenoxy) is 1. The first kappa shape index (κ1) is 15.1. The molecular weight excluding hydrogens is 332 g/mol. The van der Waals surface area contributed by atoms with Crippen LogP contribution in [0.15, 0.2) is 6.07 Å². The number of hydrogen-bond acceptors (Lipinski definition) is 4. The van der Waals surface area contributed by atoms with Crippen molar-refractivity contribution in [3.05, 3.63) is 33.2 Å². The highest BCUT2D eigenvalue weighted by Crippen LogP contribution is 2.45. The van der Waals surface area contributed by atoms with E-state index in [0.717, 1.165) is 6.07 Å². The minimum Gasteiger partial charge on any atom is -0.486 e. The van der Waals surface area contributed by atoms with E-state index in [1.165, 1.54) is 4.68 Å². The molecule has 0 spiro atoms. The largest absolute Gasteiger partial charge is 0.486 e. The fraction of sp³-hybridized carbons (Fsp3) is 0.286. The van der Waals surface area contributed by atoms with E-state index < -0.39 is 11.9 Å². The molecule has 1 N–H and O–H groups in total. The monoisotopic (exact) mass is 341 g/mol. The molecule has 0 aliphatic carbocycles. The zero-order valence-electron chi connectivity index (χ0n) is 11.4. The number of benzene rings is 1. The molecule has 8 heteroatoms. The van der Waals surface area contributed by atoms with Crippen LogP contribution in [-0.4, -0.2) is 27.6 Å². The van der Waals surface area contributed by atoms with Crippen molar-refractivity contribution in [2.45, 2.75) is 12.5 Å². The van der Waals surface area contributed by atoms with Crippen LogP contribution in [0, 0.1) is 17.1 Å². The average Bonchev–Trinajstić information content (AvgIpc) is 3.01. The molecule has 2 aromatic rings. The van der Waals surface area contributed by atoms with Gasteiger partial charge in [-0.2, -0.15) is 10.4 Å². The Kier molecular flexibility index (Phi) is 3.73. The molecule has 3 rings (SSSR count). The molecule has 22 heavy (non-hydrogen) atoms. The predicted octanol–water partition coefficient (Wildman–Crippen LogP) is 2.70. The zero-order chi connectivity index (χ0) is 16.0. The topological polar surface area (TPSA) is 71.1 Å². The third-order valence-corrected chi connectivity index (χ3v) is 4.18. The lowest BCUT2D eigenvalue weighted by Crippen LogP contribution is -2.17. The van der Waals surface area contributed by atoms with E-state index in [1.54, 1.807) is 7.05 Å². The maximum Gasteiger partial charge on any atom is 0.157 e. The molecule has 1 atom stereocenters. The molecule has 0 bridgehead atoms. The minimum absolute atomic E-state index is 0.0703. The van der Waals surface area contributed by atoms with E-state index in [0.29, 0.717) is 11.3 Å². The van der Waals surface area contributed by atoms with Gasteiger partial charge >= 0.3 is 0 Å². The van der Waals surface area contributed by atoms with Gasteiger partial charge < -0.3 is 9.84 Å². The molecule has 2 heterocycles. The predicted molar refractivity (Wildman–Crippen MR) is 78.5 cm³/mol. The van der Waals surface area contributed by atoms with Gasteiger partial charge in [-0.05, 0) is 6.07 Å².